The summed E-state index contributed by atoms with van der Waals surface area (Å²) in [5.74, 6) is 1.53. The highest BCUT2D eigenvalue weighted by atomic mass is 16.5. The maximum absolute atomic E-state index is 12.1. The average molecular weight is 396 g/mol. The van der Waals surface area contributed by atoms with E-state index in [-0.39, 0.29) is 11.5 Å². The SMILES string of the molecule is COCCCNC(=O)Cc1ccc2c(c1)CC(C)(Cc1ccc(C(C)C)cc1)O2. The highest BCUT2D eigenvalue weighted by Gasteiger charge is 2.35. The molecule has 1 atom stereocenters. The van der Waals surface area contributed by atoms with E-state index in [0.29, 0.717) is 25.5 Å². The predicted octanol–water partition coefficient (Wildman–Crippen LogP) is 4.44. The summed E-state index contributed by atoms with van der Waals surface area (Å²) in [6, 6.07) is 15.0. The maximum atomic E-state index is 12.1. The summed E-state index contributed by atoms with van der Waals surface area (Å²) in [5, 5.41) is 2.94. The number of amides is 1. The molecule has 1 heterocycles. The minimum Gasteiger partial charge on any atom is -0.487 e. The third kappa shape index (κ3) is 5.83. The highest BCUT2D eigenvalue weighted by molar-refractivity contribution is 5.78. The van der Waals surface area contributed by atoms with Crippen LogP contribution in [0.1, 0.15) is 55.4 Å². The van der Waals surface area contributed by atoms with Gasteiger partial charge in [-0.15, -0.1) is 0 Å². The van der Waals surface area contributed by atoms with Crippen molar-refractivity contribution in [3.63, 3.8) is 0 Å². The van der Waals surface area contributed by atoms with E-state index in [1.54, 1.807) is 7.11 Å². The zero-order valence-electron chi connectivity index (χ0n) is 18.1. The minimum absolute atomic E-state index is 0.0490. The van der Waals surface area contributed by atoms with Crippen LogP contribution >= 0.6 is 0 Å². The number of ether oxygens (including phenoxy) is 2. The molecule has 0 aliphatic carbocycles. The van der Waals surface area contributed by atoms with Crippen LogP contribution in [-0.2, 0) is 28.8 Å². The van der Waals surface area contributed by atoms with Gasteiger partial charge in [-0.25, -0.2) is 0 Å². The number of hydrogen-bond acceptors (Lipinski definition) is 3. The van der Waals surface area contributed by atoms with Gasteiger partial charge in [-0.05, 0) is 47.6 Å². The Morgan fingerprint density at radius 3 is 2.59 bits per heavy atom. The molecule has 0 bridgehead atoms. The maximum Gasteiger partial charge on any atom is 0.224 e. The summed E-state index contributed by atoms with van der Waals surface area (Å²) >= 11 is 0. The Morgan fingerprint density at radius 2 is 1.90 bits per heavy atom. The molecule has 0 saturated carbocycles. The summed E-state index contributed by atoms with van der Waals surface area (Å²) < 4.78 is 11.3. The van der Waals surface area contributed by atoms with E-state index < -0.39 is 0 Å². The molecule has 1 N–H and O–H groups in total. The van der Waals surface area contributed by atoms with Crippen molar-refractivity contribution in [1.82, 2.24) is 5.32 Å². The van der Waals surface area contributed by atoms with Gasteiger partial charge in [-0.3, -0.25) is 4.79 Å². The van der Waals surface area contributed by atoms with Gasteiger partial charge in [0.05, 0.1) is 6.42 Å². The van der Waals surface area contributed by atoms with Gasteiger partial charge >= 0.3 is 0 Å². The fourth-order valence-corrected chi connectivity index (χ4v) is 3.93. The van der Waals surface area contributed by atoms with Crippen molar-refractivity contribution in [3.05, 3.63) is 64.7 Å². The van der Waals surface area contributed by atoms with Gasteiger partial charge in [0.15, 0.2) is 0 Å². The molecule has 4 heteroatoms. The molecule has 0 aromatic heterocycles. The Morgan fingerprint density at radius 1 is 1.17 bits per heavy atom. The Kier molecular flexibility index (Phi) is 6.96. The lowest BCUT2D eigenvalue weighted by molar-refractivity contribution is -0.120. The predicted molar refractivity (Wildman–Crippen MR) is 117 cm³/mol. The second-order valence-electron chi connectivity index (χ2n) is 8.62. The molecule has 156 valence electrons. The van der Waals surface area contributed by atoms with Crippen molar-refractivity contribution in [2.45, 2.75) is 58.0 Å². The van der Waals surface area contributed by atoms with Crippen molar-refractivity contribution in [3.8, 4) is 5.75 Å². The van der Waals surface area contributed by atoms with E-state index in [2.05, 4.69) is 56.4 Å². The minimum atomic E-state index is -0.247. The number of carbonyl (C=O) groups excluding carboxylic acids is 1. The third-order valence-corrected chi connectivity index (χ3v) is 5.48. The monoisotopic (exact) mass is 395 g/mol. The quantitative estimate of drug-likeness (QED) is 0.639. The van der Waals surface area contributed by atoms with Crippen LogP contribution in [0.15, 0.2) is 42.5 Å². The zero-order chi connectivity index (χ0) is 20.9. The number of benzene rings is 2. The van der Waals surface area contributed by atoms with Crippen molar-refractivity contribution in [1.29, 1.82) is 0 Å². The normalized spacial score (nSPS) is 17.8. The van der Waals surface area contributed by atoms with Crippen LogP contribution in [0.3, 0.4) is 0 Å². The van der Waals surface area contributed by atoms with Crippen LogP contribution in [0.4, 0.5) is 0 Å². The molecule has 4 nitrogen and oxygen atoms in total. The molecule has 2 aromatic rings. The summed E-state index contributed by atoms with van der Waals surface area (Å²) in [4.78, 5) is 12.1. The van der Waals surface area contributed by atoms with Gasteiger partial charge in [-0.1, -0.05) is 50.2 Å². The molecule has 1 aliphatic heterocycles. The number of rotatable bonds is 9. The summed E-state index contributed by atoms with van der Waals surface area (Å²) in [7, 11) is 1.67. The van der Waals surface area contributed by atoms with Gasteiger partial charge in [0.25, 0.3) is 0 Å². The number of hydrogen-bond donors (Lipinski definition) is 1. The molecule has 29 heavy (non-hydrogen) atoms. The smallest absolute Gasteiger partial charge is 0.224 e. The Hall–Kier alpha value is -2.33. The summed E-state index contributed by atoms with van der Waals surface area (Å²) in [5.41, 5.74) is 4.63. The topological polar surface area (TPSA) is 47.6 Å². The molecule has 1 unspecified atom stereocenters. The average Bonchev–Trinajstić information content (AvgIpc) is 3.00. The number of carbonyl (C=O) groups is 1. The highest BCUT2D eigenvalue weighted by Crippen LogP contribution is 2.37. The summed E-state index contributed by atoms with van der Waals surface area (Å²) in [6.07, 6.45) is 2.96. The van der Waals surface area contributed by atoms with Crippen LogP contribution < -0.4 is 10.1 Å². The largest absolute Gasteiger partial charge is 0.487 e. The number of fused-ring (bicyclic) bond motifs is 1. The van der Waals surface area contributed by atoms with Crippen LogP contribution in [0.2, 0.25) is 0 Å². The Bertz CT molecular complexity index is 828. The lowest BCUT2D eigenvalue weighted by Gasteiger charge is -2.24. The zero-order valence-corrected chi connectivity index (χ0v) is 18.1. The van der Waals surface area contributed by atoms with Gasteiger partial charge in [0.2, 0.25) is 5.91 Å². The van der Waals surface area contributed by atoms with E-state index in [0.717, 1.165) is 30.6 Å². The van der Waals surface area contributed by atoms with Crippen LogP contribution in [0.5, 0.6) is 5.75 Å². The molecule has 0 spiro atoms. The van der Waals surface area contributed by atoms with E-state index in [1.165, 1.54) is 16.7 Å². The summed E-state index contributed by atoms with van der Waals surface area (Å²) in [6.45, 7) is 7.91. The number of nitrogens with one attached hydrogen (secondary N) is 1. The lowest BCUT2D eigenvalue weighted by Crippen LogP contribution is -2.32. The molecule has 3 rings (SSSR count). The second-order valence-corrected chi connectivity index (χ2v) is 8.62. The molecule has 1 aliphatic rings. The second kappa shape index (κ2) is 9.45. The van der Waals surface area contributed by atoms with Crippen LogP contribution in [-0.4, -0.2) is 31.8 Å². The Labute approximate surface area is 174 Å². The first-order chi connectivity index (χ1) is 13.9. The van der Waals surface area contributed by atoms with E-state index in [9.17, 15) is 4.79 Å². The molecular formula is C25H33NO3. The van der Waals surface area contributed by atoms with E-state index >= 15 is 0 Å². The van der Waals surface area contributed by atoms with Gasteiger partial charge in [-0.2, -0.15) is 0 Å². The van der Waals surface area contributed by atoms with E-state index in [4.69, 9.17) is 9.47 Å². The molecule has 2 aromatic carbocycles. The first-order valence-corrected chi connectivity index (χ1v) is 10.5. The fourth-order valence-electron chi connectivity index (χ4n) is 3.93. The van der Waals surface area contributed by atoms with E-state index in [1.807, 2.05) is 12.1 Å². The first-order valence-electron chi connectivity index (χ1n) is 10.5. The van der Waals surface area contributed by atoms with Gasteiger partial charge in [0.1, 0.15) is 11.4 Å². The molecule has 0 radical (unpaired) electrons. The fraction of sp³-hybridized carbons (Fsp3) is 0.480. The van der Waals surface area contributed by atoms with Crippen molar-refractivity contribution < 1.29 is 14.3 Å². The van der Waals surface area contributed by atoms with Gasteiger partial charge < -0.3 is 14.8 Å². The third-order valence-electron chi connectivity index (χ3n) is 5.48. The molecule has 1 amide bonds. The molecular weight excluding hydrogens is 362 g/mol. The van der Waals surface area contributed by atoms with Crippen LogP contribution in [0, 0.1) is 0 Å². The molecule has 0 fully saturated rings. The standard InChI is InChI=1S/C25H33NO3/c1-18(2)21-9-6-19(7-10-21)16-25(3)17-22-14-20(8-11-23(22)29-25)15-24(27)26-12-5-13-28-4/h6-11,14,18H,5,12-13,15-17H2,1-4H3,(H,26,27). The number of methoxy groups -OCH3 is 1. The lowest BCUT2D eigenvalue weighted by atomic mass is 9.90. The Balaban J connectivity index is 1.58. The first kappa shape index (κ1) is 21.4. The van der Waals surface area contributed by atoms with Crippen LogP contribution in [0.25, 0.3) is 0 Å². The van der Waals surface area contributed by atoms with Gasteiger partial charge in [0, 0.05) is 33.1 Å². The van der Waals surface area contributed by atoms with Crippen molar-refractivity contribution >= 4 is 5.91 Å². The van der Waals surface area contributed by atoms with Crippen molar-refractivity contribution in [2.75, 3.05) is 20.3 Å². The molecule has 0 saturated heterocycles. The van der Waals surface area contributed by atoms with Crippen molar-refractivity contribution in [2.24, 2.45) is 0 Å².